The first-order valence-electron chi connectivity index (χ1n) is 8.14. The molecule has 2 rings (SSSR count). The van der Waals surface area contributed by atoms with Crippen molar-refractivity contribution in [2.45, 2.75) is 58.4 Å². The van der Waals surface area contributed by atoms with E-state index < -0.39 is 17.5 Å². The highest BCUT2D eigenvalue weighted by Gasteiger charge is 2.56. The van der Waals surface area contributed by atoms with Crippen LogP contribution in [0.2, 0.25) is 0 Å². The van der Waals surface area contributed by atoms with Crippen LogP contribution in [-0.4, -0.2) is 28.9 Å². The maximum Gasteiger partial charge on any atom is 0.325 e. The van der Waals surface area contributed by atoms with Gasteiger partial charge in [-0.05, 0) is 37.0 Å². The summed E-state index contributed by atoms with van der Waals surface area (Å²) in [6, 6.07) is 3.69. The van der Waals surface area contributed by atoms with E-state index >= 15 is 0 Å². The minimum atomic E-state index is -0.826. The first kappa shape index (κ1) is 17.3. The van der Waals surface area contributed by atoms with Gasteiger partial charge in [0.25, 0.3) is 5.91 Å². The molecular weight excluding hydrogens is 292 g/mol. The van der Waals surface area contributed by atoms with Crippen LogP contribution in [0.1, 0.15) is 52.9 Å². The van der Waals surface area contributed by atoms with Gasteiger partial charge in [0, 0.05) is 13.0 Å². The number of hydrogen-bond donors (Lipinski definition) is 1. The molecular formula is C17H24N4O2. The number of imide groups is 1. The average Bonchev–Trinajstić information content (AvgIpc) is 2.64. The van der Waals surface area contributed by atoms with E-state index in [1.807, 2.05) is 6.07 Å². The lowest BCUT2D eigenvalue weighted by Gasteiger charge is -2.43. The summed E-state index contributed by atoms with van der Waals surface area (Å²) in [4.78, 5) is 26.4. The van der Waals surface area contributed by atoms with E-state index in [9.17, 15) is 14.9 Å². The number of urea groups is 1. The fourth-order valence-electron chi connectivity index (χ4n) is 4.33. The van der Waals surface area contributed by atoms with Crippen molar-refractivity contribution in [3.63, 3.8) is 0 Å². The van der Waals surface area contributed by atoms with Gasteiger partial charge in [-0.1, -0.05) is 20.8 Å². The number of nitriles is 2. The first-order chi connectivity index (χ1) is 10.7. The number of nitrogens with zero attached hydrogens (tertiary/aromatic N) is 3. The van der Waals surface area contributed by atoms with E-state index in [1.54, 1.807) is 0 Å². The van der Waals surface area contributed by atoms with Crippen LogP contribution in [0.5, 0.6) is 0 Å². The minimum absolute atomic E-state index is 0.00788. The third kappa shape index (κ3) is 3.47. The lowest BCUT2D eigenvalue weighted by Crippen LogP contribution is -2.54. The number of amides is 3. The van der Waals surface area contributed by atoms with E-state index in [0.717, 1.165) is 6.42 Å². The van der Waals surface area contributed by atoms with Gasteiger partial charge in [0.2, 0.25) is 0 Å². The van der Waals surface area contributed by atoms with Crippen LogP contribution >= 0.6 is 0 Å². The van der Waals surface area contributed by atoms with Crippen molar-refractivity contribution in [1.29, 1.82) is 10.5 Å². The van der Waals surface area contributed by atoms with Crippen molar-refractivity contribution in [2.75, 3.05) is 6.54 Å². The third-order valence-electron chi connectivity index (χ3n) is 4.81. The van der Waals surface area contributed by atoms with Crippen LogP contribution < -0.4 is 5.32 Å². The lowest BCUT2D eigenvalue weighted by molar-refractivity contribution is -0.135. The summed E-state index contributed by atoms with van der Waals surface area (Å²) in [6.45, 7) is 6.42. The van der Waals surface area contributed by atoms with Crippen molar-refractivity contribution in [3.8, 4) is 12.1 Å². The number of carbonyl (C=O) groups excluding carboxylic acids is 2. The Labute approximate surface area is 137 Å². The summed E-state index contributed by atoms with van der Waals surface area (Å²) in [6.07, 6.45) is 2.92. The molecule has 6 heteroatoms. The molecule has 0 unspecified atom stereocenters. The molecule has 1 spiro atoms. The second-order valence-corrected chi connectivity index (χ2v) is 7.81. The molecule has 1 N–H and O–H groups in total. The molecule has 23 heavy (non-hydrogen) atoms. The van der Waals surface area contributed by atoms with E-state index in [1.165, 1.54) is 4.90 Å². The van der Waals surface area contributed by atoms with Crippen molar-refractivity contribution in [2.24, 2.45) is 17.3 Å². The molecule has 1 saturated heterocycles. The maximum atomic E-state index is 12.9. The Balaban J connectivity index is 2.17. The Morgan fingerprint density at radius 2 is 2.04 bits per heavy atom. The van der Waals surface area contributed by atoms with Gasteiger partial charge in [0.15, 0.2) is 0 Å². The number of rotatable bonds is 4. The highest BCUT2D eigenvalue weighted by Crippen LogP contribution is 2.46. The lowest BCUT2D eigenvalue weighted by atomic mass is 9.64. The highest BCUT2D eigenvalue weighted by molar-refractivity contribution is 6.07. The quantitative estimate of drug-likeness (QED) is 0.806. The van der Waals surface area contributed by atoms with Crippen LogP contribution in [0.3, 0.4) is 0 Å². The van der Waals surface area contributed by atoms with Gasteiger partial charge in [0.05, 0.1) is 18.1 Å². The first-order valence-corrected chi connectivity index (χ1v) is 8.14. The summed E-state index contributed by atoms with van der Waals surface area (Å²) in [5.74, 6) is -0.346. The van der Waals surface area contributed by atoms with Crippen LogP contribution in [0.4, 0.5) is 4.79 Å². The molecule has 2 fully saturated rings. The molecule has 3 amide bonds. The van der Waals surface area contributed by atoms with E-state index in [2.05, 4.69) is 32.2 Å². The second-order valence-electron chi connectivity index (χ2n) is 7.81. The predicted octanol–water partition coefficient (Wildman–Crippen LogP) is 2.57. The van der Waals surface area contributed by atoms with Crippen LogP contribution in [0.15, 0.2) is 0 Å². The SMILES string of the molecule is C[C@@H]1CC(C)(C)C[C@]2(C1)NC(=O)N(C[C@@H](C#N)CCC#N)C2=O. The van der Waals surface area contributed by atoms with Crippen LogP contribution in [0.25, 0.3) is 0 Å². The zero-order valence-electron chi connectivity index (χ0n) is 14.1. The predicted molar refractivity (Wildman–Crippen MR) is 83.7 cm³/mol. The van der Waals surface area contributed by atoms with Crippen LogP contribution in [-0.2, 0) is 4.79 Å². The van der Waals surface area contributed by atoms with Gasteiger partial charge in [-0.25, -0.2) is 4.79 Å². The molecule has 1 saturated carbocycles. The topological polar surface area (TPSA) is 97.0 Å². The Kier molecular flexibility index (Phi) is 4.66. The zero-order chi connectivity index (χ0) is 17.3. The Hall–Kier alpha value is -2.08. The van der Waals surface area contributed by atoms with Crippen molar-refractivity contribution >= 4 is 11.9 Å². The average molecular weight is 316 g/mol. The smallest absolute Gasteiger partial charge is 0.323 e. The largest absolute Gasteiger partial charge is 0.325 e. The molecule has 6 nitrogen and oxygen atoms in total. The molecule has 2 aliphatic rings. The molecule has 1 aliphatic heterocycles. The monoisotopic (exact) mass is 316 g/mol. The fraction of sp³-hybridized carbons (Fsp3) is 0.765. The normalized spacial score (nSPS) is 30.7. The summed E-state index contributed by atoms with van der Waals surface area (Å²) in [7, 11) is 0. The number of nitrogens with one attached hydrogen (secondary N) is 1. The van der Waals surface area contributed by atoms with Gasteiger partial charge in [-0.15, -0.1) is 0 Å². The summed E-state index contributed by atoms with van der Waals surface area (Å²) < 4.78 is 0. The molecule has 1 aliphatic carbocycles. The van der Waals surface area contributed by atoms with Gasteiger partial charge in [-0.3, -0.25) is 9.69 Å². The zero-order valence-corrected chi connectivity index (χ0v) is 14.1. The van der Waals surface area contributed by atoms with Gasteiger partial charge in [0.1, 0.15) is 5.54 Å². The molecule has 0 bridgehead atoms. The summed E-state index contributed by atoms with van der Waals surface area (Å²) >= 11 is 0. The highest BCUT2D eigenvalue weighted by atomic mass is 16.2. The van der Waals surface area contributed by atoms with E-state index in [-0.39, 0.29) is 24.3 Å². The molecule has 3 atom stereocenters. The molecule has 0 aromatic rings. The summed E-state index contributed by atoms with van der Waals surface area (Å²) in [5, 5.41) is 20.7. The van der Waals surface area contributed by atoms with Gasteiger partial charge >= 0.3 is 6.03 Å². The van der Waals surface area contributed by atoms with Crippen molar-refractivity contribution in [1.82, 2.24) is 10.2 Å². The van der Waals surface area contributed by atoms with Crippen molar-refractivity contribution in [3.05, 3.63) is 0 Å². The summed E-state index contributed by atoms with van der Waals surface area (Å²) in [5.41, 5.74) is -0.834. The van der Waals surface area contributed by atoms with E-state index in [0.29, 0.717) is 25.2 Å². The third-order valence-corrected chi connectivity index (χ3v) is 4.81. The Morgan fingerprint density at radius 3 is 2.61 bits per heavy atom. The van der Waals surface area contributed by atoms with E-state index in [4.69, 9.17) is 5.26 Å². The standard InChI is InChI=1S/C17H24N4O2/c1-12-7-16(2,3)11-17(8-12)14(22)21(15(23)20-17)10-13(9-19)5-4-6-18/h12-13H,4-5,7-8,10-11H2,1-3H3,(H,20,23)/t12-,13-,17+/m1/s1. The molecule has 0 aromatic carbocycles. The maximum absolute atomic E-state index is 12.9. The Morgan fingerprint density at radius 1 is 1.35 bits per heavy atom. The molecule has 0 radical (unpaired) electrons. The van der Waals surface area contributed by atoms with Crippen LogP contribution in [0, 0.1) is 39.9 Å². The second kappa shape index (κ2) is 6.20. The Bertz CT molecular complexity index is 586. The van der Waals surface area contributed by atoms with Gasteiger partial charge in [-0.2, -0.15) is 10.5 Å². The van der Waals surface area contributed by atoms with Crippen molar-refractivity contribution < 1.29 is 9.59 Å². The molecule has 1 heterocycles. The fourth-order valence-corrected chi connectivity index (χ4v) is 4.33. The van der Waals surface area contributed by atoms with Gasteiger partial charge < -0.3 is 5.32 Å². The molecule has 0 aromatic heterocycles. The minimum Gasteiger partial charge on any atom is -0.323 e. The number of carbonyl (C=O) groups is 2. The molecule has 124 valence electrons. The number of hydrogen-bond acceptors (Lipinski definition) is 4.